The summed E-state index contributed by atoms with van der Waals surface area (Å²) in [5, 5.41) is 10.5. The molecule has 0 aliphatic heterocycles. The highest BCUT2D eigenvalue weighted by atomic mass is 35.5. The molecule has 1 aromatic heterocycles. The van der Waals surface area contributed by atoms with Crippen molar-refractivity contribution in [1.29, 1.82) is 0 Å². The van der Waals surface area contributed by atoms with Gasteiger partial charge in [-0.1, -0.05) is 91.0 Å². The second kappa shape index (κ2) is 11.0. The molecule has 204 valence electrons. The van der Waals surface area contributed by atoms with E-state index in [1.165, 1.54) is 65.5 Å². The summed E-state index contributed by atoms with van der Waals surface area (Å²) in [4.78, 5) is 0. The van der Waals surface area contributed by atoms with Gasteiger partial charge in [-0.3, -0.25) is 0 Å². The summed E-state index contributed by atoms with van der Waals surface area (Å²) < 4.78 is 41.4. The van der Waals surface area contributed by atoms with Gasteiger partial charge in [0.15, 0.2) is 6.20 Å². The highest BCUT2D eigenvalue weighted by Gasteiger charge is 2.25. The topological polar surface area (TPSA) is 3.88 Å². The molecule has 0 N–H and O–H groups in total. The van der Waals surface area contributed by atoms with E-state index in [9.17, 15) is 17.3 Å². The van der Waals surface area contributed by atoms with Crippen LogP contribution in [0.4, 0.5) is 17.3 Å². The lowest BCUT2D eigenvalue weighted by molar-refractivity contribution is -0.684. The first kappa shape index (κ1) is 27.0. The van der Waals surface area contributed by atoms with Crippen molar-refractivity contribution in [1.82, 2.24) is 0 Å². The molecule has 0 fully saturated rings. The molecule has 0 bridgehead atoms. The Morgan fingerprint density at radius 1 is 0.585 bits per heavy atom. The predicted molar refractivity (Wildman–Crippen MR) is 164 cm³/mol. The Balaban J connectivity index is 0.000000559. The SMILES string of the molecule is ClCCC[n+]1cc2c(cc3ccc4cccc5ccc2c3c45)c(-c2ccccc2)c1-c1ccccc1.F[B-](F)(F)F. The number of aromatic nitrogens is 1. The molecule has 0 unspecified atom stereocenters. The van der Waals surface area contributed by atoms with E-state index < -0.39 is 7.25 Å². The molecule has 0 saturated carbocycles. The van der Waals surface area contributed by atoms with Crippen LogP contribution in [-0.4, -0.2) is 13.1 Å². The van der Waals surface area contributed by atoms with Crippen LogP contribution in [0.3, 0.4) is 0 Å². The number of nitrogens with zero attached hydrogens (tertiary/aromatic N) is 1. The van der Waals surface area contributed by atoms with Gasteiger partial charge < -0.3 is 17.3 Å². The van der Waals surface area contributed by atoms with Gasteiger partial charge in [-0.05, 0) is 56.1 Å². The Labute approximate surface area is 240 Å². The average molecular weight is 570 g/mol. The highest BCUT2D eigenvalue weighted by molar-refractivity contribution is 6.50. The molecule has 7 heteroatoms. The van der Waals surface area contributed by atoms with Crippen LogP contribution in [0.15, 0.2) is 115 Å². The lowest BCUT2D eigenvalue weighted by Crippen LogP contribution is -2.37. The summed E-state index contributed by atoms with van der Waals surface area (Å²) in [7, 11) is -6.00. The fraction of sp³-hybridized carbons (Fsp3) is 0.0882. The van der Waals surface area contributed by atoms with Crippen molar-refractivity contribution in [3.8, 4) is 22.4 Å². The Morgan fingerprint density at radius 3 is 1.80 bits per heavy atom. The molecule has 7 aromatic rings. The Kier molecular flexibility index (Phi) is 7.27. The van der Waals surface area contributed by atoms with Crippen LogP contribution in [0.1, 0.15) is 6.42 Å². The van der Waals surface area contributed by atoms with Gasteiger partial charge in [-0.25, -0.2) is 0 Å². The molecule has 0 aliphatic carbocycles. The number of rotatable bonds is 5. The molecule has 0 atom stereocenters. The third-order valence-electron chi connectivity index (χ3n) is 7.41. The van der Waals surface area contributed by atoms with Crippen LogP contribution in [-0.2, 0) is 6.54 Å². The van der Waals surface area contributed by atoms with Crippen molar-refractivity contribution in [3.63, 3.8) is 0 Å². The maximum atomic E-state index is 9.75. The van der Waals surface area contributed by atoms with E-state index >= 15 is 0 Å². The van der Waals surface area contributed by atoms with Crippen molar-refractivity contribution < 1.29 is 21.8 Å². The average Bonchev–Trinajstić information content (AvgIpc) is 2.98. The first-order valence-electron chi connectivity index (χ1n) is 13.4. The first-order chi connectivity index (χ1) is 19.8. The van der Waals surface area contributed by atoms with Crippen LogP contribution in [0.2, 0.25) is 0 Å². The minimum absolute atomic E-state index is 0.637. The third-order valence-corrected chi connectivity index (χ3v) is 7.68. The van der Waals surface area contributed by atoms with Gasteiger partial charge >= 0.3 is 7.25 Å². The number of hydrogen-bond acceptors (Lipinski definition) is 0. The Morgan fingerprint density at radius 2 is 1.17 bits per heavy atom. The maximum absolute atomic E-state index is 9.75. The van der Waals surface area contributed by atoms with Gasteiger partial charge in [-0.2, -0.15) is 4.57 Å². The zero-order valence-corrected chi connectivity index (χ0v) is 22.8. The maximum Gasteiger partial charge on any atom is 0.673 e. The molecule has 0 amide bonds. The highest BCUT2D eigenvalue weighted by Crippen LogP contribution is 2.43. The van der Waals surface area contributed by atoms with Crippen molar-refractivity contribution >= 4 is 61.9 Å². The van der Waals surface area contributed by atoms with Gasteiger partial charge in [0.05, 0.1) is 10.9 Å². The Bertz CT molecular complexity index is 1950. The van der Waals surface area contributed by atoms with Crippen LogP contribution < -0.4 is 4.57 Å². The number of hydrogen-bond donors (Lipinski definition) is 0. The number of pyridine rings is 1. The lowest BCUT2D eigenvalue weighted by Gasteiger charge is -2.17. The van der Waals surface area contributed by atoms with Gasteiger partial charge in [0.1, 0.15) is 6.54 Å². The number of halogens is 5. The van der Waals surface area contributed by atoms with Gasteiger partial charge in [0.25, 0.3) is 0 Å². The molecule has 6 aromatic carbocycles. The number of benzene rings is 6. The van der Waals surface area contributed by atoms with Crippen molar-refractivity contribution in [2.75, 3.05) is 5.88 Å². The van der Waals surface area contributed by atoms with E-state index in [2.05, 4.69) is 120 Å². The van der Waals surface area contributed by atoms with Gasteiger partial charge in [-0.15, -0.1) is 11.6 Å². The second-order valence-electron chi connectivity index (χ2n) is 10.0. The van der Waals surface area contributed by atoms with Crippen molar-refractivity contribution in [3.05, 3.63) is 115 Å². The quantitative estimate of drug-likeness (QED) is 0.0485. The monoisotopic (exact) mass is 569 g/mol. The van der Waals surface area contributed by atoms with E-state index in [0.717, 1.165) is 13.0 Å². The Hall–Kier alpha value is -4.16. The zero-order chi connectivity index (χ0) is 28.6. The molecular weight excluding hydrogens is 545 g/mol. The zero-order valence-electron chi connectivity index (χ0n) is 22.0. The van der Waals surface area contributed by atoms with E-state index in [0.29, 0.717) is 5.88 Å². The summed E-state index contributed by atoms with van der Waals surface area (Å²) in [5.41, 5.74) is 4.97. The molecule has 0 saturated heterocycles. The summed E-state index contributed by atoms with van der Waals surface area (Å²) in [5.74, 6) is 0.637. The fourth-order valence-electron chi connectivity index (χ4n) is 5.88. The van der Waals surface area contributed by atoms with E-state index in [-0.39, 0.29) is 0 Å². The van der Waals surface area contributed by atoms with Crippen LogP contribution >= 0.6 is 11.6 Å². The molecule has 1 nitrogen and oxygen atoms in total. The lowest BCUT2D eigenvalue weighted by atomic mass is 9.87. The summed E-state index contributed by atoms with van der Waals surface area (Å²) in [6.45, 7) is 0.867. The number of fused-ring (bicyclic) bond motifs is 2. The standard InChI is InChI=1S/C34H25ClN.BF4/c35-19-8-20-36-22-30-28-18-17-25-14-7-13-24-15-16-27(32(28)31(24)25)21-29(30)33(23-9-3-1-4-10-23)34(36)26-11-5-2-6-12-26;2-1(3,4)5/h1-7,9-18,21-22H,8,19-20H2;/q+1;-1. The molecule has 1 heterocycles. The molecule has 0 spiro atoms. The first-order valence-corrected chi connectivity index (χ1v) is 14.0. The minimum atomic E-state index is -6.00. The van der Waals surface area contributed by atoms with Crippen molar-refractivity contribution in [2.45, 2.75) is 13.0 Å². The number of alkyl halides is 1. The van der Waals surface area contributed by atoms with Crippen molar-refractivity contribution in [2.24, 2.45) is 0 Å². The fourth-order valence-corrected chi connectivity index (χ4v) is 6.00. The smallest absolute Gasteiger partial charge is 0.418 e. The number of aryl methyl sites for hydroxylation is 1. The molecule has 0 aliphatic rings. The van der Waals surface area contributed by atoms with Crippen LogP contribution in [0.5, 0.6) is 0 Å². The summed E-state index contributed by atoms with van der Waals surface area (Å²) in [6, 6.07) is 39.7. The second-order valence-corrected chi connectivity index (χ2v) is 10.4. The van der Waals surface area contributed by atoms with Crippen LogP contribution in [0.25, 0.3) is 65.5 Å². The molecule has 41 heavy (non-hydrogen) atoms. The third kappa shape index (κ3) is 5.32. The van der Waals surface area contributed by atoms with Gasteiger partial charge in [0.2, 0.25) is 5.69 Å². The largest absolute Gasteiger partial charge is 0.673 e. The molecule has 0 radical (unpaired) electrons. The summed E-state index contributed by atoms with van der Waals surface area (Å²) >= 11 is 6.21. The van der Waals surface area contributed by atoms with Crippen LogP contribution in [0, 0.1) is 0 Å². The predicted octanol–water partition coefficient (Wildman–Crippen LogP) is 10.3. The van der Waals surface area contributed by atoms with E-state index in [1.54, 1.807) is 0 Å². The van der Waals surface area contributed by atoms with E-state index in [4.69, 9.17) is 11.6 Å². The van der Waals surface area contributed by atoms with Gasteiger partial charge in [0, 0.05) is 23.3 Å². The molecular formula is C34H25BClF4N. The normalized spacial score (nSPS) is 11.8. The van der Waals surface area contributed by atoms with E-state index in [1.807, 2.05) is 0 Å². The molecule has 7 rings (SSSR count). The summed E-state index contributed by atoms with van der Waals surface area (Å²) in [6.07, 6.45) is 3.28. The minimum Gasteiger partial charge on any atom is -0.418 e.